The van der Waals surface area contributed by atoms with E-state index in [4.69, 9.17) is 0 Å². The summed E-state index contributed by atoms with van der Waals surface area (Å²) < 4.78 is 0. The molecular weight excluding hydrogens is 350 g/mol. The molecule has 3 amide bonds. The lowest BCUT2D eigenvalue weighted by Gasteiger charge is -2.20. The van der Waals surface area contributed by atoms with Gasteiger partial charge in [-0.15, -0.1) is 0 Å². The molecule has 3 rings (SSSR count). The van der Waals surface area contributed by atoms with Gasteiger partial charge in [-0.2, -0.15) is 0 Å². The van der Waals surface area contributed by atoms with Crippen LogP contribution in [0.2, 0.25) is 0 Å². The zero-order valence-corrected chi connectivity index (χ0v) is 16.7. The summed E-state index contributed by atoms with van der Waals surface area (Å²) in [6.45, 7) is 6.03. The largest absolute Gasteiger partial charge is 0.352 e. The summed E-state index contributed by atoms with van der Waals surface area (Å²) in [6.07, 6.45) is 1.80. The van der Waals surface area contributed by atoms with Crippen LogP contribution in [0, 0.1) is 6.92 Å². The minimum atomic E-state index is -0.0911. The van der Waals surface area contributed by atoms with Gasteiger partial charge in [0, 0.05) is 25.7 Å². The van der Waals surface area contributed by atoms with Gasteiger partial charge in [-0.3, -0.25) is 4.79 Å². The van der Waals surface area contributed by atoms with Crippen LogP contribution in [0.15, 0.2) is 54.6 Å². The van der Waals surface area contributed by atoms with Crippen molar-refractivity contribution in [1.82, 2.24) is 15.1 Å². The minimum Gasteiger partial charge on any atom is -0.352 e. The highest BCUT2D eigenvalue weighted by Crippen LogP contribution is 2.16. The number of urea groups is 1. The number of hydrogen-bond acceptors (Lipinski definition) is 2. The molecule has 1 saturated heterocycles. The Morgan fingerprint density at radius 3 is 2.46 bits per heavy atom. The van der Waals surface area contributed by atoms with Crippen LogP contribution in [0.5, 0.6) is 0 Å². The Hall–Kier alpha value is -2.82. The first-order valence-electron chi connectivity index (χ1n) is 9.94. The Balaban J connectivity index is 1.44. The fourth-order valence-electron chi connectivity index (χ4n) is 3.51. The summed E-state index contributed by atoms with van der Waals surface area (Å²) in [5.41, 5.74) is 3.60. The van der Waals surface area contributed by atoms with Crippen LogP contribution in [0.25, 0.3) is 0 Å². The van der Waals surface area contributed by atoms with Crippen molar-refractivity contribution < 1.29 is 9.59 Å². The first-order chi connectivity index (χ1) is 13.5. The van der Waals surface area contributed by atoms with Gasteiger partial charge in [0.2, 0.25) is 5.91 Å². The van der Waals surface area contributed by atoms with Gasteiger partial charge in [0.1, 0.15) is 6.54 Å². The maximum Gasteiger partial charge on any atom is 0.320 e. The van der Waals surface area contributed by atoms with Crippen LogP contribution >= 0.6 is 0 Å². The molecule has 1 heterocycles. The third-order valence-corrected chi connectivity index (χ3v) is 5.25. The fourth-order valence-corrected chi connectivity index (χ4v) is 3.51. The number of aryl methyl sites for hydroxylation is 2. The molecule has 0 aromatic heterocycles. The number of nitrogens with zero attached hydrogens (tertiary/aromatic N) is 2. The zero-order valence-electron chi connectivity index (χ0n) is 16.7. The molecule has 0 radical (unpaired) electrons. The molecular formula is C23H29N3O2. The lowest BCUT2D eigenvalue weighted by molar-refractivity contribution is -0.122. The number of benzene rings is 2. The zero-order chi connectivity index (χ0) is 19.9. The standard InChI is InChI=1S/C23H29N3O2/c1-18-8-6-7-11-21(18)16-25-14-15-26(23(25)28)17-22(27)24-19(2)12-13-20-9-4-3-5-10-20/h3-11,19H,12-17H2,1-2H3,(H,24,27). The molecule has 5 heteroatoms. The van der Waals surface area contributed by atoms with Gasteiger partial charge in [0.15, 0.2) is 0 Å². The lowest BCUT2D eigenvalue weighted by atomic mass is 10.1. The first-order valence-corrected chi connectivity index (χ1v) is 9.94. The number of amides is 3. The molecule has 1 aliphatic heterocycles. The maximum absolute atomic E-state index is 12.6. The molecule has 2 aromatic carbocycles. The number of carbonyl (C=O) groups is 2. The van der Waals surface area contributed by atoms with Crippen molar-refractivity contribution in [3.05, 3.63) is 71.3 Å². The van der Waals surface area contributed by atoms with Gasteiger partial charge < -0.3 is 15.1 Å². The molecule has 1 atom stereocenters. The van der Waals surface area contributed by atoms with E-state index in [9.17, 15) is 9.59 Å². The Bertz CT molecular complexity index is 807. The Morgan fingerprint density at radius 1 is 1.04 bits per heavy atom. The average Bonchev–Trinajstić information content (AvgIpc) is 3.02. The Morgan fingerprint density at radius 2 is 1.71 bits per heavy atom. The van der Waals surface area contributed by atoms with Gasteiger partial charge in [0.25, 0.3) is 0 Å². The second kappa shape index (κ2) is 9.40. The molecule has 1 N–H and O–H groups in total. The molecule has 1 aliphatic rings. The van der Waals surface area contributed by atoms with Crippen molar-refractivity contribution >= 4 is 11.9 Å². The van der Waals surface area contributed by atoms with E-state index in [2.05, 4.69) is 30.4 Å². The SMILES string of the molecule is Cc1ccccc1CN1CCN(CC(=O)NC(C)CCc2ccccc2)C1=O. The van der Waals surface area contributed by atoms with E-state index in [-0.39, 0.29) is 24.5 Å². The van der Waals surface area contributed by atoms with E-state index in [0.717, 1.165) is 18.4 Å². The van der Waals surface area contributed by atoms with Crippen molar-refractivity contribution in [3.63, 3.8) is 0 Å². The summed E-state index contributed by atoms with van der Waals surface area (Å²) in [5.74, 6) is -0.0911. The van der Waals surface area contributed by atoms with Crippen LogP contribution in [0.3, 0.4) is 0 Å². The fraction of sp³-hybridized carbons (Fsp3) is 0.391. The highest BCUT2D eigenvalue weighted by molar-refractivity contribution is 5.85. The van der Waals surface area contributed by atoms with E-state index >= 15 is 0 Å². The van der Waals surface area contributed by atoms with E-state index < -0.39 is 0 Å². The van der Waals surface area contributed by atoms with Crippen LogP contribution in [-0.4, -0.2) is 47.4 Å². The number of nitrogens with one attached hydrogen (secondary N) is 1. The predicted octanol–water partition coefficient (Wildman–Crippen LogP) is 3.37. The highest BCUT2D eigenvalue weighted by atomic mass is 16.2. The summed E-state index contributed by atoms with van der Waals surface area (Å²) in [7, 11) is 0. The first kappa shape index (κ1) is 19.9. The monoisotopic (exact) mass is 379 g/mol. The topological polar surface area (TPSA) is 52.6 Å². The van der Waals surface area contributed by atoms with Crippen LogP contribution in [0.1, 0.15) is 30.0 Å². The van der Waals surface area contributed by atoms with Gasteiger partial charge in [-0.1, -0.05) is 54.6 Å². The summed E-state index contributed by atoms with van der Waals surface area (Å²) in [6, 6.07) is 18.4. The molecule has 5 nitrogen and oxygen atoms in total. The van der Waals surface area contributed by atoms with Crippen molar-refractivity contribution in [2.45, 2.75) is 39.3 Å². The van der Waals surface area contributed by atoms with Crippen LogP contribution < -0.4 is 5.32 Å². The molecule has 2 aromatic rings. The molecule has 0 bridgehead atoms. The van der Waals surface area contributed by atoms with Crippen LogP contribution in [0.4, 0.5) is 4.79 Å². The third-order valence-electron chi connectivity index (χ3n) is 5.25. The second-order valence-corrected chi connectivity index (χ2v) is 7.55. The molecule has 28 heavy (non-hydrogen) atoms. The molecule has 0 saturated carbocycles. The third kappa shape index (κ3) is 5.35. The number of rotatable bonds is 8. The highest BCUT2D eigenvalue weighted by Gasteiger charge is 2.30. The quantitative estimate of drug-likeness (QED) is 0.765. The molecule has 1 unspecified atom stereocenters. The van der Waals surface area contributed by atoms with Gasteiger partial charge in [-0.25, -0.2) is 4.79 Å². The van der Waals surface area contributed by atoms with Gasteiger partial charge in [-0.05, 0) is 43.4 Å². The molecule has 0 spiro atoms. The number of hydrogen-bond donors (Lipinski definition) is 1. The van der Waals surface area contributed by atoms with Crippen LogP contribution in [-0.2, 0) is 17.8 Å². The van der Waals surface area contributed by atoms with E-state index in [0.29, 0.717) is 19.6 Å². The van der Waals surface area contributed by atoms with Gasteiger partial charge in [0.05, 0.1) is 0 Å². The summed E-state index contributed by atoms with van der Waals surface area (Å²) in [5, 5.41) is 3.02. The van der Waals surface area contributed by atoms with E-state index in [1.165, 1.54) is 11.1 Å². The Kier molecular flexibility index (Phi) is 6.69. The van der Waals surface area contributed by atoms with Gasteiger partial charge >= 0.3 is 6.03 Å². The Labute approximate surface area is 167 Å². The average molecular weight is 380 g/mol. The van der Waals surface area contributed by atoms with Crippen molar-refractivity contribution in [1.29, 1.82) is 0 Å². The smallest absolute Gasteiger partial charge is 0.320 e. The summed E-state index contributed by atoms with van der Waals surface area (Å²) in [4.78, 5) is 28.4. The molecule has 0 aliphatic carbocycles. The second-order valence-electron chi connectivity index (χ2n) is 7.55. The predicted molar refractivity (Wildman–Crippen MR) is 111 cm³/mol. The van der Waals surface area contributed by atoms with Crippen molar-refractivity contribution in [2.24, 2.45) is 0 Å². The maximum atomic E-state index is 12.6. The number of carbonyl (C=O) groups excluding carboxylic acids is 2. The normalized spacial score (nSPS) is 15.0. The van der Waals surface area contributed by atoms with Crippen molar-refractivity contribution in [2.75, 3.05) is 19.6 Å². The van der Waals surface area contributed by atoms with E-state index in [1.807, 2.05) is 48.2 Å². The summed E-state index contributed by atoms with van der Waals surface area (Å²) >= 11 is 0. The molecule has 148 valence electrons. The van der Waals surface area contributed by atoms with E-state index in [1.54, 1.807) is 4.90 Å². The van der Waals surface area contributed by atoms with Crippen molar-refractivity contribution in [3.8, 4) is 0 Å². The lowest BCUT2D eigenvalue weighted by Crippen LogP contribution is -2.42. The molecule has 1 fully saturated rings. The minimum absolute atomic E-state index is 0.0599.